The molecule has 2 bridgehead atoms. The fourth-order valence-corrected chi connectivity index (χ4v) is 2.93. The molecule has 2 fully saturated rings. The van der Waals surface area contributed by atoms with Crippen molar-refractivity contribution in [3.63, 3.8) is 0 Å². The second kappa shape index (κ2) is 12.9. The van der Waals surface area contributed by atoms with E-state index >= 15 is 0 Å². The summed E-state index contributed by atoms with van der Waals surface area (Å²) in [6, 6.07) is 0. The van der Waals surface area contributed by atoms with Crippen LogP contribution < -0.4 is 0 Å². The van der Waals surface area contributed by atoms with Crippen LogP contribution in [-0.4, -0.2) is 110 Å². The minimum Gasteiger partial charge on any atom is -0.412 e. The van der Waals surface area contributed by atoms with E-state index in [4.69, 9.17) is 0 Å². The van der Waals surface area contributed by atoms with Gasteiger partial charge in [0.05, 0.1) is 0 Å². The van der Waals surface area contributed by atoms with E-state index in [1.807, 2.05) is 0 Å². The molecule has 2 heterocycles. The summed E-state index contributed by atoms with van der Waals surface area (Å²) in [4.78, 5) is 10.3. The average molecular weight is 635 g/mol. The summed E-state index contributed by atoms with van der Waals surface area (Å²) in [5, 5.41) is 0. The summed E-state index contributed by atoms with van der Waals surface area (Å²) in [6.07, 6.45) is 2.64. The fraction of sp³-hybridized carbons (Fsp3) is 1.00. The van der Waals surface area contributed by atoms with Crippen molar-refractivity contribution >= 4 is 15.6 Å². The molecule has 21 heteroatoms. The Morgan fingerprint density at radius 1 is 0.400 bits per heavy atom. The Bertz CT molecular complexity index is 522. The van der Waals surface area contributed by atoms with Gasteiger partial charge in [-0.15, -0.1) is 0 Å². The van der Waals surface area contributed by atoms with Crippen molar-refractivity contribution in [1.29, 1.82) is 0 Å². The van der Waals surface area contributed by atoms with Crippen LogP contribution in [-0.2, 0) is 17.1 Å². The number of halogens is 12. The Labute approximate surface area is 206 Å². The minimum absolute atomic E-state index is 0. The molecular weight excluding hydrogens is 601 g/mol. The van der Waals surface area contributed by atoms with E-state index in [9.17, 15) is 50.4 Å². The van der Waals surface area contributed by atoms with Gasteiger partial charge in [0.1, 0.15) is 0 Å². The van der Waals surface area contributed by atoms with Gasteiger partial charge in [-0.3, -0.25) is 0 Å². The smallest absolute Gasteiger partial charge is 0.412 e. The molecular formula is C14H34F12MnN4O2P2. The Morgan fingerprint density at radius 3 is 0.829 bits per heavy atom. The van der Waals surface area contributed by atoms with Gasteiger partial charge in [0, 0.05) is 39.3 Å². The Balaban J connectivity index is -0.000000240. The maximum absolute atomic E-state index is 10.7. The maximum Gasteiger partial charge on any atom is 2.00 e. The first-order chi connectivity index (χ1) is 13.6. The minimum atomic E-state index is -10.7. The molecule has 35 heavy (non-hydrogen) atoms. The first-order valence-electron chi connectivity index (χ1n) is 9.59. The summed E-state index contributed by atoms with van der Waals surface area (Å²) < 4.78 is 118. The van der Waals surface area contributed by atoms with Crippen LogP contribution in [0.15, 0.2) is 0 Å². The second-order valence-corrected chi connectivity index (χ2v) is 11.7. The Kier molecular flexibility index (Phi) is 15.6. The van der Waals surface area contributed by atoms with Gasteiger partial charge in [0.15, 0.2) is 0 Å². The number of hydrogen-bond acceptors (Lipinski definition) is 4. The molecule has 2 saturated heterocycles. The van der Waals surface area contributed by atoms with Crippen molar-refractivity contribution in [2.45, 2.75) is 12.8 Å². The third-order valence-corrected chi connectivity index (χ3v) is 4.36. The number of rotatable bonds is 0. The first kappa shape index (κ1) is 42.4. The summed E-state index contributed by atoms with van der Waals surface area (Å²) in [5.41, 5.74) is 0. The molecule has 4 N–H and O–H groups in total. The summed E-state index contributed by atoms with van der Waals surface area (Å²) in [7, 11) is -16.8. The maximum atomic E-state index is 9.87. The monoisotopic (exact) mass is 635 g/mol. The molecule has 0 amide bonds. The predicted molar refractivity (Wildman–Crippen MR) is 111 cm³/mol. The van der Waals surface area contributed by atoms with Crippen LogP contribution >= 0.6 is 15.6 Å². The van der Waals surface area contributed by atoms with Crippen molar-refractivity contribution in [1.82, 2.24) is 19.6 Å². The van der Waals surface area contributed by atoms with Crippen molar-refractivity contribution in [2.75, 3.05) is 79.5 Å². The summed E-state index contributed by atoms with van der Waals surface area (Å²) in [6.45, 7) is 12.5. The van der Waals surface area contributed by atoms with Gasteiger partial charge in [-0.25, -0.2) is 0 Å². The molecule has 2 aliphatic rings. The van der Waals surface area contributed by atoms with Gasteiger partial charge >= 0.3 is 83.0 Å². The summed E-state index contributed by atoms with van der Waals surface area (Å²) >= 11 is 0. The van der Waals surface area contributed by atoms with Crippen LogP contribution in [0, 0.1) is 0 Å². The van der Waals surface area contributed by atoms with Gasteiger partial charge in [0.25, 0.3) is 0 Å². The number of likely N-dealkylation sites (N-methyl/N-ethyl adjacent to an activating group) is 2. The van der Waals surface area contributed by atoms with Crippen LogP contribution in [0.4, 0.5) is 50.4 Å². The van der Waals surface area contributed by atoms with Crippen LogP contribution in [0.2, 0.25) is 0 Å². The molecule has 2 aliphatic heterocycles. The van der Waals surface area contributed by atoms with Gasteiger partial charge in [-0.1, -0.05) is 0 Å². The molecule has 1 radical (unpaired) electrons. The van der Waals surface area contributed by atoms with E-state index in [1.165, 1.54) is 78.3 Å². The molecule has 0 aromatic carbocycles. The van der Waals surface area contributed by atoms with Gasteiger partial charge in [0.2, 0.25) is 0 Å². The topological polar surface area (TPSA) is 76.0 Å². The zero-order valence-electron chi connectivity index (χ0n) is 19.1. The van der Waals surface area contributed by atoms with E-state index in [-0.39, 0.29) is 28.0 Å². The molecule has 2 rings (SSSR count). The molecule has 0 saturated carbocycles. The van der Waals surface area contributed by atoms with Crippen LogP contribution in [0.3, 0.4) is 0 Å². The largest absolute Gasteiger partial charge is 2.00 e. The van der Waals surface area contributed by atoms with Crippen molar-refractivity contribution < 1.29 is 78.4 Å². The van der Waals surface area contributed by atoms with E-state index < -0.39 is 15.6 Å². The second-order valence-electron chi connectivity index (χ2n) is 7.91. The van der Waals surface area contributed by atoms with Crippen molar-refractivity contribution in [3.05, 3.63) is 0 Å². The van der Waals surface area contributed by atoms with E-state index in [0.29, 0.717) is 0 Å². The Hall–Kier alpha value is 0.299. The predicted octanol–water partition coefficient (Wildman–Crippen LogP) is 5.37. The molecule has 0 aliphatic carbocycles. The van der Waals surface area contributed by atoms with Gasteiger partial charge in [-0.2, -0.15) is 0 Å². The third kappa shape index (κ3) is 48.0. The van der Waals surface area contributed by atoms with Crippen molar-refractivity contribution in [3.8, 4) is 0 Å². The fourth-order valence-electron chi connectivity index (χ4n) is 2.93. The van der Waals surface area contributed by atoms with E-state index in [1.54, 1.807) is 0 Å². The third-order valence-electron chi connectivity index (χ3n) is 4.36. The van der Waals surface area contributed by atoms with Crippen molar-refractivity contribution in [2.24, 2.45) is 0 Å². The van der Waals surface area contributed by atoms with E-state index in [2.05, 4.69) is 33.7 Å². The molecule has 0 aromatic rings. The molecule has 223 valence electrons. The van der Waals surface area contributed by atoms with E-state index in [0.717, 1.165) is 0 Å². The summed E-state index contributed by atoms with van der Waals surface area (Å²) in [5.74, 6) is 0. The van der Waals surface area contributed by atoms with Gasteiger partial charge in [-0.05, 0) is 53.1 Å². The zero-order chi connectivity index (χ0) is 25.6. The van der Waals surface area contributed by atoms with Crippen LogP contribution in [0.5, 0.6) is 0 Å². The standard InChI is InChI=1S/C14H30N4.2F6P.Mn.2H2O/c1-15-5-3-7-18-12-10-16(2)6-4-8-17(11-9-15)13-14-18;2*1-7(2,3,4,5)6;;;/h3-14H2,1-2H3;;;;2*1H2/q;2*-1;+2;;. The molecule has 6 nitrogen and oxygen atoms in total. The first-order valence-corrected chi connectivity index (χ1v) is 13.6. The normalized spacial score (nSPS) is 26.9. The molecule has 2 atom stereocenters. The number of fused-ring (bicyclic) bond motifs is 3. The number of hydrogen-bond donors (Lipinski definition) is 0. The number of nitrogens with zero attached hydrogens (tertiary/aromatic N) is 4. The average Bonchev–Trinajstić information content (AvgIpc) is 2.47. The molecule has 2 unspecified atom stereocenters. The molecule has 0 spiro atoms. The van der Waals surface area contributed by atoms with Crippen LogP contribution in [0.25, 0.3) is 0 Å². The Morgan fingerprint density at radius 2 is 0.600 bits per heavy atom. The molecule has 0 aromatic heterocycles. The van der Waals surface area contributed by atoms with Crippen LogP contribution in [0.1, 0.15) is 12.8 Å². The van der Waals surface area contributed by atoms with Gasteiger partial charge < -0.3 is 30.6 Å². The SMILES string of the molecule is CN1CCCN2CCN(C)CCCN(CC1)CC2.F[P-](F)(F)(F)(F)F.F[P-](F)(F)(F)(F)F.O.O.[Mn+2]. The quantitative estimate of drug-likeness (QED) is 0.204. The zero-order valence-corrected chi connectivity index (χ0v) is 22.1.